The first kappa shape index (κ1) is 9.02. The molecule has 2 heteroatoms. The van der Waals surface area contributed by atoms with Crippen LogP contribution >= 0.6 is 11.8 Å². The van der Waals surface area contributed by atoms with E-state index in [0.717, 1.165) is 0 Å². The number of rotatable bonds is 3. The molecular formula is C7H14OS. The van der Waals surface area contributed by atoms with Crippen molar-refractivity contribution in [3.05, 3.63) is 0 Å². The van der Waals surface area contributed by atoms with Gasteiger partial charge >= 0.3 is 0 Å². The lowest BCUT2D eigenvalue weighted by atomic mass is 10.1. The van der Waals surface area contributed by atoms with Crippen LogP contribution in [0.2, 0.25) is 0 Å². The van der Waals surface area contributed by atoms with E-state index >= 15 is 0 Å². The van der Waals surface area contributed by atoms with Crippen molar-refractivity contribution >= 4 is 17.5 Å². The van der Waals surface area contributed by atoms with Crippen molar-refractivity contribution in [1.82, 2.24) is 0 Å². The summed E-state index contributed by atoms with van der Waals surface area (Å²) in [5.41, 5.74) is 0. The van der Waals surface area contributed by atoms with Crippen LogP contribution in [0.4, 0.5) is 0 Å². The molecule has 0 amide bonds. The highest BCUT2D eigenvalue weighted by molar-refractivity contribution is 7.99. The largest absolute Gasteiger partial charge is 0.300 e. The van der Waals surface area contributed by atoms with Crippen LogP contribution in [0.25, 0.3) is 0 Å². The Morgan fingerprint density at radius 1 is 1.56 bits per heavy atom. The van der Waals surface area contributed by atoms with Gasteiger partial charge in [0, 0.05) is 11.2 Å². The Kier molecular flexibility index (Phi) is 3.26. The second-order valence-corrected chi connectivity index (χ2v) is 4.36. The van der Waals surface area contributed by atoms with E-state index in [1.165, 1.54) is 0 Å². The molecular weight excluding hydrogens is 132 g/mol. The van der Waals surface area contributed by atoms with E-state index in [1.807, 2.05) is 6.26 Å². The van der Waals surface area contributed by atoms with E-state index in [4.69, 9.17) is 0 Å². The molecule has 0 bridgehead atoms. The second-order valence-electron chi connectivity index (χ2n) is 2.84. The summed E-state index contributed by atoms with van der Waals surface area (Å²) in [4.78, 5) is 10.6. The van der Waals surface area contributed by atoms with Crippen molar-refractivity contribution in [2.24, 2.45) is 0 Å². The highest BCUT2D eigenvalue weighted by atomic mass is 32.2. The van der Waals surface area contributed by atoms with Gasteiger partial charge < -0.3 is 0 Å². The summed E-state index contributed by atoms with van der Waals surface area (Å²) >= 11 is 1.73. The Balaban J connectivity index is 3.71. The fraction of sp³-hybridized carbons (Fsp3) is 0.857. The molecule has 0 radical (unpaired) electrons. The van der Waals surface area contributed by atoms with Crippen LogP contribution in [0.5, 0.6) is 0 Å². The van der Waals surface area contributed by atoms with Gasteiger partial charge in [0.2, 0.25) is 0 Å². The van der Waals surface area contributed by atoms with Gasteiger partial charge in [-0.3, -0.25) is 4.79 Å². The number of Topliss-reactive ketones (excluding diaryl/α,β-unsaturated/α-hetero) is 1. The molecule has 0 rings (SSSR count). The van der Waals surface area contributed by atoms with Crippen LogP contribution in [0.1, 0.15) is 27.2 Å². The quantitative estimate of drug-likeness (QED) is 0.606. The Morgan fingerprint density at radius 3 is 2.11 bits per heavy atom. The number of hydrogen-bond donors (Lipinski definition) is 0. The normalized spacial score (nSPS) is 11.6. The lowest BCUT2D eigenvalue weighted by molar-refractivity contribution is -0.117. The van der Waals surface area contributed by atoms with Crippen LogP contribution in [-0.2, 0) is 4.79 Å². The molecule has 0 saturated carbocycles. The van der Waals surface area contributed by atoms with Crippen LogP contribution in [-0.4, -0.2) is 16.8 Å². The summed E-state index contributed by atoms with van der Waals surface area (Å²) in [5.74, 6) is 0.273. The number of carbonyl (C=O) groups is 1. The monoisotopic (exact) mass is 146 g/mol. The predicted molar refractivity (Wildman–Crippen MR) is 42.9 cm³/mol. The van der Waals surface area contributed by atoms with E-state index in [1.54, 1.807) is 18.7 Å². The molecule has 0 aliphatic carbocycles. The molecule has 1 nitrogen and oxygen atoms in total. The van der Waals surface area contributed by atoms with Gasteiger partial charge in [-0.1, -0.05) is 13.8 Å². The molecule has 0 aromatic rings. The molecule has 0 aliphatic heterocycles. The summed E-state index contributed by atoms with van der Waals surface area (Å²) in [5, 5.41) is 0. The van der Waals surface area contributed by atoms with Crippen molar-refractivity contribution in [3.63, 3.8) is 0 Å². The summed E-state index contributed by atoms with van der Waals surface area (Å²) in [6.07, 6.45) is 2.71. The zero-order chi connectivity index (χ0) is 7.49. The van der Waals surface area contributed by atoms with Gasteiger partial charge in [-0.05, 0) is 13.2 Å². The van der Waals surface area contributed by atoms with E-state index in [9.17, 15) is 4.79 Å². The van der Waals surface area contributed by atoms with Gasteiger partial charge in [0.25, 0.3) is 0 Å². The van der Waals surface area contributed by atoms with Crippen molar-refractivity contribution in [2.75, 3.05) is 6.26 Å². The topological polar surface area (TPSA) is 17.1 Å². The molecule has 0 spiro atoms. The Bertz CT molecular complexity index is 107. The third-order valence-corrected chi connectivity index (χ3v) is 2.48. The number of hydrogen-bond acceptors (Lipinski definition) is 2. The minimum atomic E-state index is 0.131. The molecule has 0 fully saturated rings. The molecule has 0 aromatic carbocycles. The summed E-state index contributed by atoms with van der Waals surface area (Å²) < 4.78 is 0.131. The summed E-state index contributed by atoms with van der Waals surface area (Å²) in [6, 6.07) is 0. The molecule has 0 aromatic heterocycles. The zero-order valence-corrected chi connectivity index (χ0v) is 7.34. The van der Waals surface area contributed by atoms with Crippen LogP contribution < -0.4 is 0 Å². The fourth-order valence-electron chi connectivity index (χ4n) is 0.672. The Morgan fingerprint density at radius 2 is 2.00 bits per heavy atom. The maximum absolute atomic E-state index is 10.6. The van der Waals surface area contributed by atoms with Crippen molar-refractivity contribution in [1.29, 1.82) is 0 Å². The first-order valence-corrected chi connectivity index (χ1v) is 4.25. The molecule has 0 heterocycles. The van der Waals surface area contributed by atoms with Crippen molar-refractivity contribution < 1.29 is 4.79 Å². The molecule has 9 heavy (non-hydrogen) atoms. The van der Waals surface area contributed by atoms with Crippen LogP contribution in [0.3, 0.4) is 0 Å². The van der Waals surface area contributed by atoms with Gasteiger partial charge in [0.15, 0.2) is 0 Å². The van der Waals surface area contributed by atoms with E-state index in [2.05, 4.69) is 13.8 Å². The summed E-state index contributed by atoms with van der Waals surface area (Å²) in [6.45, 7) is 5.80. The first-order valence-electron chi connectivity index (χ1n) is 3.02. The lowest BCUT2D eigenvalue weighted by Gasteiger charge is -2.19. The van der Waals surface area contributed by atoms with E-state index < -0.39 is 0 Å². The minimum Gasteiger partial charge on any atom is -0.300 e. The SMILES string of the molecule is CSC(C)(C)CC(C)=O. The van der Waals surface area contributed by atoms with E-state index in [-0.39, 0.29) is 10.5 Å². The molecule has 0 atom stereocenters. The number of ketones is 1. The minimum absolute atomic E-state index is 0.131. The first-order chi connectivity index (χ1) is 3.98. The zero-order valence-electron chi connectivity index (χ0n) is 6.52. The van der Waals surface area contributed by atoms with Gasteiger partial charge in [0.1, 0.15) is 5.78 Å². The van der Waals surface area contributed by atoms with E-state index in [0.29, 0.717) is 6.42 Å². The molecule has 54 valence electrons. The van der Waals surface area contributed by atoms with Gasteiger partial charge in [-0.2, -0.15) is 11.8 Å². The lowest BCUT2D eigenvalue weighted by Crippen LogP contribution is -2.17. The average Bonchev–Trinajstić information content (AvgIpc) is 1.63. The van der Waals surface area contributed by atoms with Gasteiger partial charge in [-0.15, -0.1) is 0 Å². The molecule has 0 aliphatic rings. The highest BCUT2D eigenvalue weighted by Gasteiger charge is 2.17. The fourth-order valence-corrected chi connectivity index (χ4v) is 1.02. The van der Waals surface area contributed by atoms with Crippen LogP contribution in [0, 0.1) is 0 Å². The highest BCUT2D eigenvalue weighted by Crippen LogP contribution is 2.24. The third-order valence-electron chi connectivity index (χ3n) is 1.23. The number of carbonyl (C=O) groups excluding carboxylic acids is 1. The third kappa shape index (κ3) is 4.52. The molecule has 0 N–H and O–H groups in total. The van der Waals surface area contributed by atoms with Crippen molar-refractivity contribution in [2.45, 2.75) is 31.9 Å². The maximum Gasteiger partial charge on any atom is 0.131 e. The average molecular weight is 146 g/mol. The van der Waals surface area contributed by atoms with Crippen molar-refractivity contribution in [3.8, 4) is 0 Å². The Labute approximate surface area is 61.2 Å². The van der Waals surface area contributed by atoms with Gasteiger partial charge in [-0.25, -0.2) is 0 Å². The Hall–Kier alpha value is 0.0200. The predicted octanol–water partition coefficient (Wildman–Crippen LogP) is 2.11. The van der Waals surface area contributed by atoms with Gasteiger partial charge in [0.05, 0.1) is 0 Å². The van der Waals surface area contributed by atoms with Crippen LogP contribution in [0.15, 0.2) is 0 Å². The molecule has 0 unspecified atom stereocenters. The second kappa shape index (κ2) is 3.25. The summed E-state index contributed by atoms with van der Waals surface area (Å²) in [7, 11) is 0. The number of thioether (sulfide) groups is 1. The smallest absolute Gasteiger partial charge is 0.131 e. The maximum atomic E-state index is 10.6. The molecule has 0 saturated heterocycles. The standard InChI is InChI=1S/C7H14OS/c1-6(8)5-7(2,3)9-4/h5H2,1-4H3.